The van der Waals surface area contributed by atoms with E-state index in [9.17, 15) is 0 Å². The van der Waals surface area contributed by atoms with Gasteiger partial charge in [-0.2, -0.15) is 0 Å². The van der Waals surface area contributed by atoms with Gasteiger partial charge < -0.3 is 68.8 Å². The summed E-state index contributed by atoms with van der Waals surface area (Å²) in [6.45, 7) is 18.2. The van der Waals surface area contributed by atoms with E-state index in [1.54, 1.807) is 0 Å². The Labute approximate surface area is 231 Å². The van der Waals surface area contributed by atoms with E-state index in [1.807, 2.05) is 34.6 Å². The maximum Gasteiger partial charge on any atom is 0.0221 e. The molecule has 2 unspecified atom stereocenters. The summed E-state index contributed by atoms with van der Waals surface area (Å²) in [4.78, 5) is 0. The molecule has 0 aromatic heterocycles. The topological polar surface area (TPSA) is 312 Å². The van der Waals surface area contributed by atoms with Crippen molar-refractivity contribution in [3.8, 4) is 0 Å². The molecule has 234 valence electrons. The minimum absolute atomic E-state index is 0.139. The van der Waals surface area contributed by atoms with E-state index in [-0.39, 0.29) is 17.0 Å². The summed E-state index contributed by atoms with van der Waals surface area (Å²) in [5.74, 6) is 0. The summed E-state index contributed by atoms with van der Waals surface area (Å²) in [6.07, 6.45) is 6.00. The number of hydrogen-bond acceptors (Lipinski definition) is 12. The first-order chi connectivity index (χ1) is 17.1. The predicted molar refractivity (Wildman–Crippen MR) is 169 cm³/mol. The van der Waals surface area contributed by atoms with Crippen LogP contribution in [0.15, 0.2) is 0 Å². The molecule has 12 heteroatoms. The van der Waals surface area contributed by atoms with Gasteiger partial charge in [-0.25, -0.2) is 0 Å². The molecular weight excluding hydrogens is 468 g/mol. The van der Waals surface area contributed by atoms with Crippen molar-refractivity contribution >= 4 is 0 Å². The second-order valence-electron chi connectivity index (χ2n) is 10.3. The van der Waals surface area contributed by atoms with Crippen LogP contribution in [0.25, 0.3) is 0 Å². The van der Waals surface area contributed by atoms with Crippen LogP contribution in [0.1, 0.15) is 80.1 Å². The van der Waals surface area contributed by atoms with Crippen molar-refractivity contribution in [1.82, 2.24) is 0 Å². The molecular formula is C25H74N12. The molecule has 37 heavy (non-hydrogen) atoms. The molecule has 0 aliphatic carbocycles. The van der Waals surface area contributed by atoms with Gasteiger partial charge in [0.2, 0.25) is 0 Å². The zero-order valence-corrected chi connectivity index (χ0v) is 25.7. The second-order valence-corrected chi connectivity index (χ2v) is 10.3. The van der Waals surface area contributed by atoms with Gasteiger partial charge in [-0.3, -0.25) is 0 Å². The maximum absolute atomic E-state index is 5.50. The van der Waals surface area contributed by atoms with Crippen molar-refractivity contribution in [3.05, 3.63) is 0 Å². The highest BCUT2D eigenvalue weighted by molar-refractivity contribution is 4.71. The van der Waals surface area contributed by atoms with E-state index in [2.05, 4.69) is 6.92 Å². The van der Waals surface area contributed by atoms with E-state index < -0.39 is 0 Å². The third kappa shape index (κ3) is 86.2. The number of nitrogens with two attached hydrogens (primary N) is 12. The number of rotatable bonds is 13. The molecule has 0 fully saturated rings. The molecule has 0 heterocycles. The standard InChI is InChI=1S/2C5H14N2.3C4H12N2.C3H10N2/c1-5(2,3-6)4-7;1-2-5(7)3-4-6;1-4(2,6)3-5;1-4(6)2-3-5;5-3-1-2-4-6;4-2-1-3-5/h3-4,6-7H2,1-2H3;5H,2-4,6-7H2,1H3;3,5-6H2,1-2H3;4H,2-3,5-6H2,1H3;1-6H2;1-5H2. The fraction of sp³-hybridized carbons (Fsp3) is 1.00. The van der Waals surface area contributed by atoms with Crippen molar-refractivity contribution in [2.75, 3.05) is 58.9 Å². The average molecular weight is 543 g/mol. The fourth-order valence-corrected chi connectivity index (χ4v) is 1.17. The summed E-state index contributed by atoms with van der Waals surface area (Å²) in [5.41, 5.74) is 62.9. The largest absolute Gasteiger partial charge is 0.330 e. The molecule has 0 radical (unpaired) electrons. The highest BCUT2D eigenvalue weighted by atomic mass is 14.8. The van der Waals surface area contributed by atoms with Crippen molar-refractivity contribution in [1.29, 1.82) is 0 Å². The average Bonchev–Trinajstić information content (AvgIpc) is 2.84. The number of hydrogen-bond donors (Lipinski definition) is 12. The Kier molecular flexibility index (Phi) is 53.5. The van der Waals surface area contributed by atoms with Crippen molar-refractivity contribution in [2.45, 2.75) is 97.7 Å². The van der Waals surface area contributed by atoms with Gasteiger partial charge in [-0.05, 0) is 117 Å². The Bertz CT molecular complexity index is 339. The molecule has 0 spiro atoms. The lowest BCUT2D eigenvalue weighted by Crippen LogP contribution is -2.40. The highest BCUT2D eigenvalue weighted by Gasteiger charge is 2.10. The summed E-state index contributed by atoms with van der Waals surface area (Å²) < 4.78 is 0. The molecule has 24 N–H and O–H groups in total. The maximum atomic E-state index is 5.50. The predicted octanol–water partition coefficient (Wildman–Crippen LogP) is -1.65. The minimum atomic E-state index is -0.181. The molecule has 0 saturated carbocycles. The van der Waals surface area contributed by atoms with Gasteiger partial charge in [0.1, 0.15) is 0 Å². The smallest absolute Gasteiger partial charge is 0.0221 e. The zero-order chi connectivity index (χ0) is 30.8. The normalized spacial score (nSPS) is 11.8. The molecule has 0 aliphatic rings. The van der Waals surface area contributed by atoms with Crippen LogP contribution in [0.2, 0.25) is 0 Å². The summed E-state index contributed by atoms with van der Waals surface area (Å²) >= 11 is 0. The molecule has 0 aliphatic heterocycles. The zero-order valence-electron chi connectivity index (χ0n) is 25.7. The van der Waals surface area contributed by atoms with Gasteiger partial charge in [0.25, 0.3) is 0 Å². The lowest BCUT2D eigenvalue weighted by molar-refractivity contribution is 0.393. The Morgan fingerprint density at radius 3 is 0.919 bits per heavy atom. The van der Waals surface area contributed by atoms with Crippen molar-refractivity contribution in [2.24, 2.45) is 74.2 Å². The van der Waals surface area contributed by atoms with Crippen LogP contribution in [0.5, 0.6) is 0 Å². The van der Waals surface area contributed by atoms with Crippen LogP contribution in [0, 0.1) is 5.41 Å². The first kappa shape index (κ1) is 49.5. The third-order valence-electron chi connectivity index (χ3n) is 4.38. The molecule has 12 nitrogen and oxygen atoms in total. The monoisotopic (exact) mass is 543 g/mol. The van der Waals surface area contributed by atoms with Crippen molar-refractivity contribution < 1.29 is 0 Å². The van der Waals surface area contributed by atoms with E-state index in [0.29, 0.717) is 32.2 Å². The van der Waals surface area contributed by atoms with Crippen molar-refractivity contribution in [3.63, 3.8) is 0 Å². The second kappa shape index (κ2) is 40.0. The molecule has 2 atom stereocenters. The van der Waals surface area contributed by atoms with Gasteiger partial charge in [-0.15, -0.1) is 0 Å². The summed E-state index contributed by atoms with van der Waals surface area (Å²) in [7, 11) is 0. The first-order valence-corrected chi connectivity index (χ1v) is 13.7. The number of unbranched alkanes of at least 4 members (excludes halogenated alkanes) is 1. The molecule has 0 rings (SSSR count). The molecule has 0 aromatic carbocycles. The minimum Gasteiger partial charge on any atom is -0.330 e. The van der Waals surface area contributed by atoms with Gasteiger partial charge in [0, 0.05) is 24.2 Å². The van der Waals surface area contributed by atoms with Crippen LogP contribution >= 0.6 is 0 Å². The van der Waals surface area contributed by atoms with E-state index in [4.69, 9.17) is 68.8 Å². The van der Waals surface area contributed by atoms with Gasteiger partial charge in [0.15, 0.2) is 0 Å². The fourth-order valence-electron chi connectivity index (χ4n) is 1.17. The SMILES string of the molecule is CC(C)(CN)CN.CC(C)(N)CN.CC(N)CCN.CCC(N)CCN.NCCCCN.NCCCN. The van der Waals surface area contributed by atoms with Crippen LogP contribution in [0.3, 0.4) is 0 Å². The van der Waals surface area contributed by atoms with E-state index in [1.165, 1.54) is 0 Å². The summed E-state index contributed by atoms with van der Waals surface area (Å²) in [6, 6.07) is 0.597. The Hall–Kier alpha value is -0.480. The lowest BCUT2D eigenvalue weighted by Gasteiger charge is -2.18. The molecule has 0 bridgehead atoms. The highest BCUT2D eigenvalue weighted by Crippen LogP contribution is 2.07. The van der Waals surface area contributed by atoms with Crippen LogP contribution in [-0.2, 0) is 0 Å². The van der Waals surface area contributed by atoms with Gasteiger partial charge in [-0.1, -0.05) is 20.8 Å². The quantitative estimate of drug-likeness (QED) is 0.116. The molecule has 0 saturated heterocycles. The van der Waals surface area contributed by atoms with Gasteiger partial charge >= 0.3 is 0 Å². The first-order valence-electron chi connectivity index (χ1n) is 13.7. The van der Waals surface area contributed by atoms with Gasteiger partial charge in [0.05, 0.1) is 0 Å². The molecule has 0 amide bonds. The van der Waals surface area contributed by atoms with E-state index >= 15 is 0 Å². The Morgan fingerprint density at radius 2 is 0.865 bits per heavy atom. The van der Waals surface area contributed by atoms with E-state index in [0.717, 1.165) is 71.2 Å². The molecule has 0 aromatic rings. The summed E-state index contributed by atoms with van der Waals surface area (Å²) in [5, 5.41) is 0. The lowest BCUT2D eigenvalue weighted by atomic mass is 9.95. The van der Waals surface area contributed by atoms with Crippen LogP contribution in [0.4, 0.5) is 0 Å². The Balaban J connectivity index is -0.0000000782. The van der Waals surface area contributed by atoms with Crippen LogP contribution in [-0.4, -0.2) is 76.5 Å². The Morgan fingerprint density at radius 1 is 0.541 bits per heavy atom. The third-order valence-corrected chi connectivity index (χ3v) is 4.38. The van der Waals surface area contributed by atoms with Crippen LogP contribution < -0.4 is 68.8 Å².